The first-order chi connectivity index (χ1) is 13.6. The second-order valence-corrected chi connectivity index (χ2v) is 6.01. The molecule has 0 spiro atoms. The van der Waals surface area contributed by atoms with Crippen molar-refractivity contribution in [3.05, 3.63) is 65.2 Å². The first-order valence-corrected chi connectivity index (χ1v) is 8.85. The van der Waals surface area contributed by atoms with Crippen LogP contribution in [0.2, 0.25) is 0 Å². The minimum atomic E-state index is -0.746. The number of rotatable bonds is 6. The standard InChI is InChI=1S/C21H22N2O5/c1-4-28-20(24)17-18(13-8-6-5-7-9-13)22-21(25)23-19(17)15-11-10-14(26-2)12-16(15)27-3/h5-12,19H,4H2,1-3H3,(H2,22,23,25)/t19-/m0/s1. The summed E-state index contributed by atoms with van der Waals surface area (Å²) in [5, 5.41) is 5.55. The van der Waals surface area contributed by atoms with Crippen LogP contribution in [0.4, 0.5) is 4.79 Å². The molecule has 0 bridgehead atoms. The molecular weight excluding hydrogens is 360 g/mol. The highest BCUT2D eigenvalue weighted by Crippen LogP contribution is 2.37. The van der Waals surface area contributed by atoms with E-state index in [1.54, 1.807) is 32.2 Å². The van der Waals surface area contributed by atoms with Crippen molar-refractivity contribution in [2.45, 2.75) is 13.0 Å². The quantitative estimate of drug-likeness (QED) is 0.750. The van der Waals surface area contributed by atoms with E-state index in [0.717, 1.165) is 0 Å². The Morgan fingerprint density at radius 2 is 1.82 bits per heavy atom. The van der Waals surface area contributed by atoms with Crippen molar-refractivity contribution in [3.63, 3.8) is 0 Å². The summed E-state index contributed by atoms with van der Waals surface area (Å²) >= 11 is 0. The predicted molar refractivity (Wildman–Crippen MR) is 104 cm³/mol. The van der Waals surface area contributed by atoms with E-state index in [2.05, 4.69) is 10.6 Å². The molecule has 0 saturated carbocycles. The average molecular weight is 382 g/mol. The lowest BCUT2D eigenvalue weighted by molar-refractivity contribution is -0.138. The van der Waals surface area contributed by atoms with Crippen molar-refractivity contribution < 1.29 is 23.8 Å². The highest BCUT2D eigenvalue weighted by Gasteiger charge is 2.35. The molecule has 2 aromatic carbocycles. The number of carbonyl (C=O) groups excluding carboxylic acids is 2. The Balaban J connectivity index is 2.20. The van der Waals surface area contributed by atoms with Gasteiger partial charge in [-0.25, -0.2) is 9.59 Å². The monoisotopic (exact) mass is 382 g/mol. The van der Waals surface area contributed by atoms with E-state index in [4.69, 9.17) is 14.2 Å². The molecule has 3 rings (SSSR count). The van der Waals surface area contributed by atoms with E-state index in [0.29, 0.717) is 33.9 Å². The Labute approximate surface area is 163 Å². The Bertz CT molecular complexity index is 908. The van der Waals surface area contributed by atoms with E-state index < -0.39 is 18.0 Å². The molecule has 1 aliphatic rings. The number of hydrogen-bond acceptors (Lipinski definition) is 5. The van der Waals surface area contributed by atoms with Crippen LogP contribution in [0, 0.1) is 0 Å². The van der Waals surface area contributed by atoms with Crippen LogP contribution in [0.3, 0.4) is 0 Å². The highest BCUT2D eigenvalue weighted by atomic mass is 16.5. The number of urea groups is 1. The molecule has 28 heavy (non-hydrogen) atoms. The largest absolute Gasteiger partial charge is 0.497 e. The lowest BCUT2D eigenvalue weighted by Gasteiger charge is -2.30. The third-order valence-electron chi connectivity index (χ3n) is 4.38. The van der Waals surface area contributed by atoms with Crippen molar-refractivity contribution >= 4 is 17.7 Å². The number of hydrogen-bond donors (Lipinski definition) is 2. The van der Waals surface area contributed by atoms with Crippen LogP contribution >= 0.6 is 0 Å². The van der Waals surface area contributed by atoms with Crippen LogP contribution in [-0.2, 0) is 9.53 Å². The lowest BCUT2D eigenvalue weighted by Crippen LogP contribution is -2.45. The summed E-state index contributed by atoms with van der Waals surface area (Å²) in [6, 6.07) is 13.2. The fourth-order valence-corrected chi connectivity index (χ4v) is 3.12. The van der Waals surface area contributed by atoms with Gasteiger partial charge in [0.2, 0.25) is 0 Å². The third-order valence-corrected chi connectivity index (χ3v) is 4.38. The molecule has 0 aromatic heterocycles. The van der Waals surface area contributed by atoms with Crippen molar-refractivity contribution in [1.82, 2.24) is 10.6 Å². The maximum Gasteiger partial charge on any atom is 0.338 e. The summed E-state index contributed by atoms with van der Waals surface area (Å²) < 4.78 is 16.0. The summed E-state index contributed by atoms with van der Waals surface area (Å²) in [6.45, 7) is 1.95. The molecule has 0 saturated heterocycles. The molecular formula is C21H22N2O5. The van der Waals surface area contributed by atoms with Gasteiger partial charge in [0.1, 0.15) is 11.5 Å². The predicted octanol–water partition coefficient (Wildman–Crippen LogP) is 3.03. The van der Waals surface area contributed by atoms with Crippen LogP contribution in [0.1, 0.15) is 24.1 Å². The van der Waals surface area contributed by atoms with Crippen LogP contribution in [-0.4, -0.2) is 32.8 Å². The first kappa shape index (κ1) is 19.3. The van der Waals surface area contributed by atoms with Gasteiger partial charge in [-0.3, -0.25) is 0 Å². The molecule has 2 N–H and O–H groups in total. The van der Waals surface area contributed by atoms with Gasteiger partial charge in [0.25, 0.3) is 0 Å². The van der Waals surface area contributed by atoms with Crippen molar-refractivity contribution in [2.24, 2.45) is 0 Å². The van der Waals surface area contributed by atoms with Crippen LogP contribution in [0.5, 0.6) is 11.5 Å². The molecule has 0 fully saturated rings. The normalized spacial score (nSPS) is 16.1. The summed E-state index contributed by atoms with van der Waals surface area (Å²) in [6.07, 6.45) is 0. The van der Waals surface area contributed by atoms with Crippen molar-refractivity contribution in [1.29, 1.82) is 0 Å². The Hall–Kier alpha value is -3.48. The van der Waals surface area contributed by atoms with Crippen LogP contribution in [0.15, 0.2) is 54.1 Å². The zero-order valence-electron chi connectivity index (χ0n) is 15.9. The number of methoxy groups -OCH3 is 2. The van der Waals surface area contributed by atoms with Gasteiger partial charge >= 0.3 is 12.0 Å². The van der Waals surface area contributed by atoms with Gasteiger partial charge in [0, 0.05) is 11.6 Å². The minimum absolute atomic E-state index is 0.213. The van der Waals surface area contributed by atoms with Gasteiger partial charge < -0.3 is 24.8 Å². The van der Waals surface area contributed by atoms with E-state index >= 15 is 0 Å². The van der Waals surface area contributed by atoms with E-state index in [-0.39, 0.29) is 6.61 Å². The van der Waals surface area contributed by atoms with E-state index in [1.807, 2.05) is 30.3 Å². The van der Waals surface area contributed by atoms with Crippen molar-refractivity contribution in [3.8, 4) is 11.5 Å². The molecule has 0 aliphatic carbocycles. The van der Waals surface area contributed by atoms with Gasteiger partial charge in [-0.15, -0.1) is 0 Å². The van der Waals surface area contributed by atoms with Crippen LogP contribution < -0.4 is 20.1 Å². The van der Waals surface area contributed by atoms with Gasteiger partial charge in [-0.2, -0.15) is 0 Å². The molecule has 0 unspecified atom stereocenters. The third kappa shape index (κ3) is 3.78. The average Bonchev–Trinajstić information content (AvgIpc) is 2.73. The number of esters is 1. The second kappa shape index (κ2) is 8.47. The molecule has 1 aliphatic heterocycles. The van der Waals surface area contributed by atoms with E-state index in [1.165, 1.54) is 7.11 Å². The molecule has 0 radical (unpaired) electrons. The van der Waals surface area contributed by atoms with E-state index in [9.17, 15) is 9.59 Å². The molecule has 1 heterocycles. The van der Waals surface area contributed by atoms with Crippen LogP contribution in [0.25, 0.3) is 5.70 Å². The Morgan fingerprint density at radius 3 is 2.46 bits per heavy atom. The fourth-order valence-electron chi connectivity index (χ4n) is 3.12. The summed E-state index contributed by atoms with van der Waals surface area (Å²) in [7, 11) is 3.07. The zero-order chi connectivity index (χ0) is 20.1. The van der Waals surface area contributed by atoms with Gasteiger partial charge in [-0.05, 0) is 24.6 Å². The summed E-state index contributed by atoms with van der Waals surface area (Å²) in [5.41, 5.74) is 2.04. The number of amides is 2. The number of carbonyl (C=O) groups is 2. The first-order valence-electron chi connectivity index (χ1n) is 8.85. The maximum atomic E-state index is 12.9. The minimum Gasteiger partial charge on any atom is -0.497 e. The van der Waals surface area contributed by atoms with Gasteiger partial charge in [0.05, 0.1) is 38.1 Å². The SMILES string of the molecule is CCOC(=O)C1=C(c2ccccc2)NC(=O)N[C@H]1c1ccc(OC)cc1OC. The molecule has 1 atom stereocenters. The molecule has 7 heteroatoms. The second-order valence-electron chi connectivity index (χ2n) is 6.01. The number of nitrogens with one attached hydrogen (secondary N) is 2. The maximum absolute atomic E-state index is 12.9. The Morgan fingerprint density at radius 1 is 1.07 bits per heavy atom. The molecule has 146 valence electrons. The van der Waals surface area contributed by atoms with Gasteiger partial charge in [0.15, 0.2) is 0 Å². The lowest BCUT2D eigenvalue weighted by atomic mass is 9.92. The van der Waals surface area contributed by atoms with Gasteiger partial charge in [-0.1, -0.05) is 30.3 Å². The molecule has 7 nitrogen and oxygen atoms in total. The molecule has 2 amide bonds. The number of ether oxygens (including phenoxy) is 3. The molecule has 2 aromatic rings. The number of benzene rings is 2. The Kier molecular flexibility index (Phi) is 5.84. The highest BCUT2D eigenvalue weighted by molar-refractivity contribution is 6.04. The summed E-state index contributed by atoms with van der Waals surface area (Å²) in [5.74, 6) is 0.572. The zero-order valence-corrected chi connectivity index (χ0v) is 15.9. The van der Waals surface area contributed by atoms with Crippen molar-refractivity contribution in [2.75, 3.05) is 20.8 Å². The fraction of sp³-hybridized carbons (Fsp3) is 0.238. The summed E-state index contributed by atoms with van der Waals surface area (Å²) in [4.78, 5) is 25.3. The topological polar surface area (TPSA) is 85.9 Å². The smallest absolute Gasteiger partial charge is 0.338 e.